The highest BCUT2D eigenvalue weighted by atomic mass is 79.9. The standard InChI is InChI=1S/C14H13BrO2/c1-11(16)13-9-5-6-10-14(13,15)17-12-7-3-2-4-8-12/h2-10,13H,1H3. The molecule has 0 aliphatic heterocycles. The number of ether oxygens (including phenoxy) is 1. The number of alkyl halides is 1. The van der Waals surface area contributed by atoms with Gasteiger partial charge >= 0.3 is 0 Å². The van der Waals surface area contributed by atoms with Crippen LogP contribution in [0.4, 0.5) is 0 Å². The van der Waals surface area contributed by atoms with Gasteiger partial charge in [-0.2, -0.15) is 0 Å². The molecule has 2 atom stereocenters. The van der Waals surface area contributed by atoms with Gasteiger partial charge in [-0.05, 0) is 41.1 Å². The number of allylic oxidation sites excluding steroid dienone is 2. The first-order valence-electron chi connectivity index (χ1n) is 5.41. The molecule has 2 nitrogen and oxygen atoms in total. The first-order valence-corrected chi connectivity index (χ1v) is 6.20. The Morgan fingerprint density at radius 1 is 1.29 bits per heavy atom. The molecule has 88 valence electrons. The predicted molar refractivity (Wildman–Crippen MR) is 71.2 cm³/mol. The highest BCUT2D eigenvalue weighted by molar-refractivity contribution is 9.10. The van der Waals surface area contributed by atoms with Gasteiger partial charge in [0.1, 0.15) is 11.5 Å². The molecular weight excluding hydrogens is 280 g/mol. The molecule has 1 aromatic rings. The summed E-state index contributed by atoms with van der Waals surface area (Å²) in [6, 6.07) is 9.46. The van der Waals surface area contributed by atoms with E-state index in [2.05, 4.69) is 15.9 Å². The maximum absolute atomic E-state index is 11.6. The molecule has 0 fully saturated rings. The summed E-state index contributed by atoms with van der Waals surface area (Å²) in [7, 11) is 0. The van der Waals surface area contributed by atoms with Gasteiger partial charge in [0.05, 0.1) is 5.92 Å². The molecule has 1 aliphatic rings. The lowest BCUT2D eigenvalue weighted by atomic mass is 9.94. The van der Waals surface area contributed by atoms with Crippen LogP contribution in [0.25, 0.3) is 0 Å². The third-order valence-electron chi connectivity index (χ3n) is 2.62. The van der Waals surface area contributed by atoms with Gasteiger partial charge in [-0.1, -0.05) is 36.4 Å². The van der Waals surface area contributed by atoms with Crippen LogP contribution >= 0.6 is 15.9 Å². The second-order valence-corrected chi connectivity index (χ2v) is 5.18. The van der Waals surface area contributed by atoms with Gasteiger partial charge in [0.2, 0.25) is 0 Å². The van der Waals surface area contributed by atoms with Crippen molar-refractivity contribution < 1.29 is 9.53 Å². The number of para-hydroxylation sites is 1. The van der Waals surface area contributed by atoms with Crippen molar-refractivity contribution in [3.05, 3.63) is 54.6 Å². The molecule has 0 N–H and O–H groups in total. The van der Waals surface area contributed by atoms with Gasteiger partial charge < -0.3 is 4.74 Å². The number of Topliss-reactive ketones (excluding diaryl/α,β-unsaturated/α-hetero) is 1. The van der Waals surface area contributed by atoms with Crippen LogP contribution in [0.5, 0.6) is 5.75 Å². The topological polar surface area (TPSA) is 26.3 Å². The van der Waals surface area contributed by atoms with Crippen molar-refractivity contribution in [2.24, 2.45) is 5.92 Å². The molecule has 0 amide bonds. The maximum atomic E-state index is 11.6. The van der Waals surface area contributed by atoms with Gasteiger partial charge in [-0.15, -0.1) is 0 Å². The van der Waals surface area contributed by atoms with E-state index in [1.807, 2.05) is 54.6 Å². The monoisotopic (exact) mass is 292 g/mol. The highest BCUT2D eigenvalue weighted by Gasteiger charge is 2.38. The summed E-state index contributed by atoms with van der Waals surface area (Å²) in [4.78, 5) is 11.6. The highest BCUT2D eigenvalue weighted by Crippen LogP contribution is 2.36. The molecule has 0 heterocycles. The van der Waals surface area contributed by atoms with E-state index in [1.165, 1.54) is 0 Å². The van der Waals surface area contributed by atoms with E-state index in [-0.39, 0.29) is 11.7 Å². The van der Waals surface area contributed by atoms with Crippen LogP contribution in [0.3, 0.4) is 0 Å². The molecule has 3 heteroatoms. The van der Waals surface area contributed by atoms with Crippen molar-refractivity contribution in [2.45, 2.75) is 11.4 Å². The van der Waals surface area contributed by atoms with E-state index < -0.39 is 4.51 Å². The van der Waals surface area contributed by atoms with Crippen molar-refractivity contribution >= 4 is 21.7 Å². The van der Waals surface area contributed by atoms with Crippen molar-refractivity contribution in [2.75, 3.05) is 0 Å². The minimum Gasteiger partial charge on any atom is -0.471 e. The van der Waals surface area contributed by atoms with Crippen LogP contribution in [0, 0.1) is 5.92 Å². The lowest BCUT2D eigenvalue weighted by molar-refractivity contribution is -0.121. The number of carbonyl (C=O) groups excluding carboxylic acids is 1. The average molecular weight is 293 g/mol. The Bertz CT molecular complexity index is 464. The molecule has 1 aromatic carbocycles. The smallest absolute Gasteiger partial charge is 0.195 e. The van der Waals surface area contributed by atoms with Gasteiger partial charge in [-0.3, -0.25) is 4.79 Å². The summed E-state index contributed by atoms with van der Waals surface area (Å²) >= 11 is 3.52. The van der Waals surface area contributed by atoms with Crippen LogP contribution in [0.2, 0.25) is 0 Å². The fourth-order valence-electron chi connectivity index (χ4n) is 1.78. The van der Waals surface area contributed by atoms with Crippen LogP contribution in [0.1, 0.15) is 6.92 Å². The Balaban J connectivity index is 2.25. The summed E-state index contributed by atoms with van der Waals surface area (Å²) in [6.07, 6.45) is 7.43. The molecule has 0 saturated heterocycles. The Kier molecular flexibility index (Phi) is 3.48. The van der Waals surface area contributed by atoms with Gasteiger partial charge in [0, 0.05) is 0 Å². The number of rotatable bonds is 3. The van der Waals surface area contributed by atoms with Crippen molar-refractivity contribution in [1.82, 2.24) is 0 Å². The molecule has 1 aliphatic carbocycles. The number of ketones is 1. The van der Waals surface area contributed by atoms with Gasteiger partial charge in [-0.25, -0.2) is 0 Å². The summed E-state index contributed by atoms with van der Waals surface area (Å²) in [5, 5.41) is 0. The fourth-order valence-corrected chi connectivity index (χ4v) is 2.59. The van der Waals surface area contributed by atoms with E-state index in [4.69, 9.17) is 4.74 Å². The maximum Gasteiger partial charge on any atom is 0.195 e. The van der Waals surface area contributed by atoms with Crippen LogP contribution in [0.15, 0.2) is 54.6 Å². The molecular formula is C14H13BrO2. The molecule has 17 heavy (non-hydrogen) atoms. The quantitative estimate of drug-likeness (QED) is 0.797. The van der Waals surface area contributed by atoms with Gasteiger partial charge in [0.25, 0.3) is 0 Å². The number of benzene rings is 1. The van der Waals surface area contributed by atoms with Crippen molar-refractivity contribution in [1.29, 1.82) is 0 Å². The first-order chi connectivity index (χ1) is 8.12. The van der Waals surface area contributed by atoms with Crippen molar-refractivity contribution in [3.63, 3.8) is 0 Å². The molecule has 2 unspecified atom stereocenters. The molecule has 2 rings (SSSR count). The summed E-state index contributed by atoms with van der Waals surface area (Å²) in [5.41, 5.74) is 0. The van der Waals surface area contributed by atoms with Gasteiger partial charge in [0.15, 0.2) is 4.51 Å². The van der Waals surface area contributed by atoms with E-state index in [1.54, 1.807) is 6.92 Å². The molecule has 0 bridgehead atoms. The number of carbonyl (C=O) groups is 1. The van der Waals surface area contributed by atoms with Crippen LogP contribution in [-0.4, -0.2) is 10.3 Å². The zero-order valence-corrected chi connectivity index (χ0v) is 11.1. The molecule has 0 spiro atoms. The second kappa shape index (κ2) is 4.88. The average Bonchev–Trinajstić information content (AvgIpc) is 2.30. The van der Waals surface area contributed by atoms with Crippen LogP contribution < -0.4 is 4.74 Å². The summed E-state index contributed by atoms with van der Waals surface area (Å²) in [5.74, 6) is 0.488. The lowest BCUT2D eigenvalue weighted by Gasteiger charge is -2.32. The normalized spacial score (nSPS) is 26.8. The summed E-state index contributed by atoms with van der Waals surface area (Å²) < 4.78 is 5.09. The third-order valence-corrected chi connectivity index (χ3v) is 3.54. The summed E-state index contributed by atoms with van der Waals surface area (Å²) in [6.45, 7) is 1.57. The predicted octanol–water partition coefficient (Wildman–Crippen LogP) is 3.49. The van der Waals surface area contributed by atoms with E-state index >= 15 is 0 Å². The van der Waals surface area contributed by atoms with E-state index in [9.17, 15) is 4.79 Å². The Hall–Kier alpha value is -1.35. The molecule has 0 aromatic heterocycles. The molecule has 0 radical (unpaired) electrons. The Morgan fingerprint density at radius 2 is 2.00 bits per heavy atom. The SMILES string of the molecule is CC(=O)C1C=CC=CC1(Br)Oc1ccccc1. The zero-order chi connectivity index (χ0) is 12.3. The third kappa shape index (κ3) is 2.67. The number of halogens is 1. The second-order valence-electron chi connectivity index (χ2n) is 3.95. The zero-order valence-electron chi connectivity index (χ0n) is 9.47. The first kappa shape index (κ1) is 12.1. The number of hydrogen-bond acceptors (Lipinski definition) is 2. The molecule has 0 saturated carbocycles. The largest absolute Gasteiger partial charge is 0.471 e. The van der Waals surface area contributed by atoms with Crippen molar-refractivity contribution in [3.8, 4) is 5.75 Å². The van der Waals surface area contributed by atoms with E-state index in [0.29, 0.717) is 0 Å². The van der Waals surface area contributed by atoms with Crippen LogP contribution in [-0.2, 0) is 4.79 Å². The number of hydrogen-bond donors (Lipinski definition) is 0. The Morgan fingerprint density at radius 3 is 2.65 bits per heavy atom. The Labute approximate surface area is 109 Å². The minimum atomic E-state index is -0.783. The minimum absolute atomic E-state index is 0.0680. The fraction of sp³-hybridized carbons (Fsp3) is 0.214. The lowest BCUT2D eigenvalue weighted by Crippen LogP contribution is -2.39. The van der Waals surface area contributed by atoms with E-state index in [0.717, 1.165) is 5.75 Å².